The van der Waals surface area contributed by atoms with Crippen LogP contribution in [0.2, 0.25) is 0 Å². The number of nitrogens with zero attached hydrogens (tertiary/aromatic N) is 1. The maximum absolute atomic E-state index is 12.2. The third kappa shape index (κ3) is 3.60. The molecule has 3 aromatic rings. The monoisotopic (exact) mass is 324 g/mol. The van der Waals surface area contributed by atoms with Crippen molar-refractivity contribution in [3.8, 4) is 11.3 Å². The van der Waals surface area contributed by atoms with Crippen LogP contribution < -0.4 is 5.32 Å². The number of hydrogen-bond donors (Lipinski definition) is 1. The molecule has 3 rings (SSSR count). The van der Waals surface area contributed by atoms with Crippen LogP contribution in [-0.4, -0.2) is 22.7 Å². The van der Waals surface area contributed by atoms with E-state index in [1.54, 1.807) is 49.5 Å². The number of amides is 1. The molecule has 2 aromatic heterocycles. The number of rotatable bonds is 6. The van der Waals surface area contributed by atoms with E-state index in [0.29, 0.717) is 17.1 Å². The predicted molar refractivity (Wildman–Crippen MR) is 86.5 cm³/mol. The van der Waals surface area contributed by atoms with E-state index in [1.807, 2.05) is 0 Å². The summed E-state index contributed by atoms with van der Waals surface area (Å²) in [6.07, 6.45) is 4.59. The van der Waals surface area contributed by atoms with Gasteiger partial charge in [-0.3, -0.25) is 9.59 Å². The van der Waals surface area contributed by atoms with Crippen LogP contribution in [0.5, 0.6) is 0 Å². The van der Waals surface area contributed by atoms with Gasteiger partial charge in [-0.25, -0.2) is 4.98 Å². The summed E-state index contributed by atoms with van der Waals surface area (Å²) in [5, 5.41) is 2.81. The van der Waals surface area contributed by atoms with Crippen molar-refractivity contribution in [2.75, 3.05) is 0 Å². The summed E-state index contributed by atoms with van der Waals surface area (Å²) in [6, 6.07) is 9.94. The minimum Gasteiger partial charge on any atom is -0.461 e. The second-order valence-electron chi connectivity index (χ2n) is 5.42. The van der Waals surface area contributed by atoms with Gasteiger partial charge in [0, 0.05) is 23.6 Å². The number of benzene rings is 1. The van der Waals surface area contributed by atoms with Crippen LogP contribution in [0.4, 0.5) is 0 Å². The number of carbonyl (C=O) groups excluding carboxylic acids is 2. The zero-order valence-electron chi connectivity index (χ0n) is 13.1. The van der Waals surface area contributed by atoms with Crippen LogP contribution in [0.25, 0.3) is 11.3 Å². The Hall–Kier alpha value is -3.15. The second-order valence-corrected chi connectivity index (χ2v) is 5.42. The van der Waals surface area contributed by atoms with Crippen LogP contribution >= 0.6 is 0 Å². The van der Waals surface area contributed by atoms with Crippen molar-refractivity contribution in [1.82, 2.24) is 10.3 Å². The van der Waals surface area contributed by atoms with Gasteiger partial charge >= 0.3 is 0 Å². The van der Waals surface area contributed by atoms with E-state index in [0.717, 1.165) is 5.56 Å². The van der Waals surface area contributed by atoms with Gasteiger partial charge in [0.15, 0.2) is 23.7 Å². The van der Waals surface area contributed by atoms with Crippen molar-refractivity contribution in [3.05, 3.63) is 66.6 Å². The zero-order chi connectivity index (χ0) is 16.9. The summed E-state index contributed by atoms with van der Waals surface area (Å²) < 4.78 is 10.3. The van der Waals surface area contributed by atoms with Crippen LogP contribution in [0.3, 0.4) is 0 Å². The SMILES string of the molecule is C[C@@H](CC(=O)c1ccco1)NC(=O)c1ccc(-c2cnco2)cc1. The topological polar surface area (TPSA) is 85.3 Å². The molecular formula is C18H16N2O4. The standard InChI is InChI=1S/C18H16N2O4/c1-12(9-15(21)16-3-2-8-23-16)20-18(22)14-6-4-13(5-7-14)17-10-19-11-24-17/h2-8,10-12H,9H2,1H3,(H,20,22)/t12-/m0/s1. The van der Waals surface area contributed by atoms with Gasteiger partial charge in [0.25, 0.3) is 5.91 Å². The number of carbonyl (C=O) groups is 2. The van der Waals surface area contributed by atoms with Crippen molar-refractivity contribution < 1.29 is 18.4 Å². The fraction of sp³-hybridized carbons (Fsp3) is 0.167. The van der Waals surface area contributed by atoms with Crippen molar-refractivity contribution in [1.29, 1.82) is 0 Å². The van der Waals surface area contributed by atoms with E-state index in [-0.39, 0.29) is 24.2 Å². The van der Waals surface area contributed by atoms with Gasteiger partial charge < -0.3 is 14.2 Å². The molecule has 0 unspecified atom stereocenters. The Morgan fingerprint density at radius 3 is 2.58 bits per heavy atom. The molecule has 0 fully saturated rings. The molecule has 1 atom stereocenters. The van der Waals surface area contributed by atoms with Gasteiger partial charge in [0.2, 0.25) is 0 Å². The zero-order valence-corrected chi connectivity index (χ0v) is 13.1. The summed E-state index contributed by atoms with van der Waals surface area (Å²) >= 11 is 0. The molecule has 0 saturated carbocycles. The summed E-state index contributed by atoms with van der Waals surface area (Å²) in [7, 11) is 0. The molecule has 6 nitrogen and oxygen atoms in total. The van der Waals surface area contributed by atoms with Crippen molar-refractivity contribution >= 4 is 11.7 Å². The first kappa shape index (κ1) is 15.7. The van der Waals surface area contributed by atoms with Gasteiger partial charge in [-0.05, 0) is 31.2 Å². The number of aromatic nitrogens is 1. The molecule has 0 aliphatic heterocycles. The fourth-order valence-corrected chi connectivity index (χ4v) is 2.32. The lowest BCUT2D eigenvalue weighted by Crippen LogP contribution is -2.34. The Balaban J connectivity index is 1.59. The molecule has 6 heteroatoms. The average molecular weight is 324 g/mol. The summed E-state index contributed by atoms with van der Waals surface area (Å²) in [5.41, 5.74) is 1.35. The van der Waals surface area contributed by atoms with Gasteiger partial charge in [-0.15, -0.1) is 0 Å². The van der Waals surface area contributed by atoms with Gasteiger partial charge in [0.05, 0.1) is 12.5 Å². The molecule has 0 radical (unpaired) electrons. The molecule has 1 N–H and O–H groups in total. The minimum absolute atomic E-state index is 0.145. The van der Waals surface area contributed by atoms with Crippen molar-refractivity contribution in [2.24, 2.45) is 0 Å². The van der Waals surface area contributed by atoms with Gasteiger partial charge in [-0.1, -0.05) is 12.1 Å². The van der Waals surface area contributed by atoms with Gasteiger partial charge in [-0.2, -0.15) is 0 Å². The molecule has 0 spiro atoms. The number of hydrogen-bond acceptors (Lipinski definition) is 5. The van der Waals surface area contributed by atoms with Crippen LogP contribution in [-0.2, 0) is 0 Å². The predicted octanol–water partition coefficient (Wildman–Crippen LogP) is 3.33. The first-order chi connectivity index (χ1) is 11.6. The van der Waals surface area contributed by atoms with E-state index in [1.165, 1.54) is 12.7 Å². The van der Waals surface area contributed by atoms with Crippen LogP contribution in [0.1, 0.15) is 34.3 Å². The maximum atomic E-state index is 12.2. The molecular weight excluding hydrogens is 308 g/mol. The first-order valence-corrected chi connectivity index (χ1v) is 7.50. The average Bonchev–Trinajstić information content (AvgIpc) is 3.28. The van der Waals surface area contributed by atoms with E-state index in [9.17, 15) is 9.59 Å². The molecule has 0 aliphatic rings. The Morgan fingerprint density at radius 1 is 1.17 bits per heavy atom. The molecule has 2 heterocycles. The number of oxazole rings is 1. The Morgan fingerprint density at radius 2 is 1.96 bits per heavy atom. The highest BCUT2D eigenvalue weighted by Crippen LogP contribution is 2.19. The lowest BCUT2D eigenvalue weighted by atomic mass is 10.1. The Bertz CT molecular complexity index is 805. The normalized spacial score (nSPS) is 11.9. The number of nitrogens with one attached hydrogen (secondary N) is 1. The summed E-state index contributed by atoms with van der Waals surface area (Å²) in [4.78, 5) is 28.0. The van der Waals surface area contributed by atoms with E-state index in [4.69, 9.17) is 8.83 Å². The Labute approximate surface area is 138 Å². The number of Topliss-reactive ketones (excluding diaryl/α,β-unsaturated/α-hetero) is 1. The Kier molecular flexibility index (Phi) is 4.56. The fourth-order valence-electron chi connectivity index (χ4n) is 2.32. The summed E-state index contributed by atoms with van der Waals surface area (Å²) in [5.74, 6) is 0.555. The number of furan rings is 1. The largest absolute Gasteiger partial charge is 0.461 e. The van der Waals surface area contributed by atoms with Crippen LogP contribution in [0, 0.1) is 0 Å². The highest BCUT2D eigenvalue weighted by molar-refractivity contribution is 5.96. The quantitative estimate of drug-likeness (QED) is 0.703. The first-order valence-electron chi connectivity index (χ1n) is 7.50. The molecule has 0 bridgehead atoms. The van der Waals surface area contributed by atoms with Gasteiger partial charge in [0.1, 0.15) is 0 Å². The van der Waals surface area contributed by atoms with E-state index in [2.05, 4.69) is 10.3 Å². The van der Waals surface area contributed by atoms with E-state index >= 15 is 0 Å². The van der Waals surface area contributed by atoms with E-state index < -0.39 is 0 Å². The smallest absolute Gasteiger partial charge is 0.251 e. The molecule has 0 aliphatic carbocycles. The molecule has 0 saturated heterocycles. The number of ketones is 1. The van der Waals surface area contributed by atoms with Crippen molar-refractivity contribution in [2.45, 2.75) is 19.4 Å². The molecule has 122 valence electrons. The molecule has 24 heavy (non-hydrogen) atoms. The van der Waals surface area contributed by atoms with Crippen molar-refractivity contribution in [3.63, 3.8) is 0 Å². The lowest BCUT2D eigenvalue weighted by molar-refractivity contribution is 0.0907. The third-order valence-electron chi connectivity index (χ3n) is 3.53. The third-order valence-corrected chi connectivity index (χ3v) is 3.53. The second kappa shape index (κ2) is 6.95. The maximum Gasteiger partial charge on any atom is 0.251 e. The summed E-state index contributed by atoms with van der Waals surface area (Å²) in [6.45, 7) is 1.78. The minimum atomic E-state index is -0.302. The highest BCUT2D eigenvalue weighted by atomic mass is 16.3. The highest BCUT2D eigenvalue weighted by Gasteiger charge is 2.16. The molecule has 1 aromatic carbocycles. The van der Waals surface area contributed by atoms with Crippen LogP contribution in [0.15, 0.2) is 64.1 Å². The molecule has 1 amide bonds. The lowest BCUT2D eigenvalue weighted by Gasteiger charge is -2.12.